The lowest BCUT2D eigenvalue weighted by Crippen LogP contribution is -2.35. The van der Waals surface area contributed by atoms with Gasteiger partial charge >= 0.3 is 0 Å². The summed E-state index contributed by atoms with van der Waals surface area (Å²) in [6, 6.07) is 6.85. The molecule has 0 aliphatic heterocycles. The van der Waals surface area contributed by atoms with Gasteiger partial charge in [-0.2, -0.15) is 0 Å². The zero-order chi connectivity index (χ0) is 13.4. The fourth-order valence-corrected chi connectivity index (χ4v) is 1.47. The van der Waals surface area contributed by atoms with Crippen molar-refractivity contribution in [3.63, 3.8) is 0 Å². The van der Waals surface area contributed by atoms with Crippen molar-refractivity contribution in [2.75, 3.05) is 32.1 Å². The molecule has 18 heavy (non-hydrogen) atoms. The lowest BCUT2D eigenvalue weighted by Gasteiger charge is -2.10. The number of benzene rings is 1. The van der Waals surface area contributed by atoms with Crippen molar-refractivity contribution in [1.29, 1.82) is 0 Å². The Labute approximate surface area is 111 Å². The summed E-state index contributed by atoms with van der Waals surface area (Å²) in [5, 5.41) is 15.5. The van der Waals surface area contributed by atoms with Gasteiger partial charge in [-0.05, 0) is 24.3 Å². The second-order valence-corrected chi connectivity index (χ2v) is 4.23. The smallest absolute Gasteiger partial charge is 0.238 e. The summed E-state index contributed by atoms with van der Waals surface area (Å²) in [6.45, 7) is 0.678. The summed E-state index contributed by atoms with van der Waals surface area (Å²) in [7, 11) is 1.51. The van der Waals surface area contributed by atoms with E-state index in [2.05, 4.69) is 10.6 Å². The van der Waals surface area contributed by atoms with E-state index in [1.54, 1.807) is 24.3 Å². The van der Waals surface area contributed by atoms with Crippen LogP contribution in [0.15, 0.2) is 24.3 Å². The van der Waals surface area contributed by atoms with Crippen molar-refractivity contribution in [1.82, 2.24) is 5.32 Å². The molecule has 1 aromatic carbocycles. The van der Waals surface area contributed by atoms with E-state index in [0.717, 1.165) is 0 Å². The Morgan fingerprint density at radius 3 is 2.72 bits per heavy atom. The van der Waals surface area contributed by atoms with E-state index < -0.39 is 6.10 Å². The number of hydrogen-bond donors (Lipinski definition) is 3. The predicted octanol–water partition coefficient (Wildman–Crippen LogP) is 0.875. The molecule has 0 bridgehead atoms. The van der Waals surface area contributed by atoms with Crippen molar-refractivity contribution < 1.29 is 14.6 Å². The lowest BCUT2D eigenvalue weighted by molar-refractivity contribution is -0.115. The van der Waals surface area contributed by atoms with E-state index in [4.69, 9.17) is 16.3 Å². The predicted molar refractivity (Wildman–Crippen MR) is 70.8 cm³/mol. The lowest BCUT2D eigenvalue weighted by atomic mass is 10.3. The first-order valence-electron chi connectivity index (χ1n) is 5.55. The minimum Gasteiger partial charge on any atom is -0.389 e. The normalized spacial score (nSPS) is 12.2. The molecule has 1 atom stereocenters. The zero-order valence-corrected chi connectivity index (χ0v) is 10.9. The Balaban J connectivity index is 2.23. The summed E-state index contributed by atoms with van der Waals surface area (Å²) in [6.07, 6.45) is -0.613. The van der Waals surface area contributed by atoms with Gasteiger partial charge in [0.15, 0.2) is 0 Å². The van der Waals surface area contributed by atoms with Gasteiger partial charge < -0.3 is 20.5 Å². The van der Waals surface area contributed by atoms with Gasteiger partial charge in [-0.15, -0.1) is 0 Å². The molecule has 0 aliphatic carbocycles. The fraction of sp³-hybridized carbons (Fsp3) is 0.417. The Morgan fingerprint density at radius 2 is 2.11 bits per heavy atom. The van der Waals surface area contributed by atoms with Gasteiger partial charge in [0, 0.05) is 24.4 Å². The number of amides is 1. The summed E-state index contributed by atoms with van der Waals surface area (Å²) in [5.41, 5.74) is 0.684. The number of carbonyl (C=O) groups excluding carboxylic acids is 1. The van der Waals surface area contributed by atoms with Crippen LogP contribution in [0.5, 0.6) is 0 Å². The Hall–Kier alpha value is -1.14. The SMILES string of the molecule is COCC(O)CNCC(=O)Nc1ccc(Cl)cc1. The van der Waals surface area contributed by atoms with Gasteiger partial charge in [0.2, 0.25) is 5.91 Å². The number of aliphatic hydroxyl groups is 1. The van der Waals surface area contributed by atoms with E-state index in [-0.39, 0.29) is 19.1 Å². The zero-order valence-electron chi connectivity index (χ0n) is 10.1. The van der Waals surface area contributed by atoms with Crippen molar-refractivity contribution in [2.24, 2.45) is 0 Å². The molecule has 0 spiro atoms. The molecule has 6 heteroatoms. The van der Waals surface area contributed by atoms with Gasteiger partial charge in [-0.25, -0.2) is 0 Å². The van der Waals surface area contributed by atoms with Gasteiger partial charge in [0.1, 0.15) is 0 Å². The second kappa shape index (κ2) is 8.05. The van der Waals surface area contributed by atoms with E-state index in [1.807, 2.05) is 0 Å². The number of hydrogen-bond acceptors (Lipinski definition) is 4. The third-order valence-electron chi connectivity index (χ3n) is 2.15. The molecule has 0 heterocycles. The van der Waals surface area contributed by atoms with Crippen LogP contribution in [0.4, 0.5) is 5.69 Å². The number of aliphatic hydroxyl groups excluding tert-OH is 1. The molecule has 0 fully saturated rings. The summed E-state index contributed by atoms with van der Waals surface area (Å²) in [4.78, 5) is 11.5. The highest BCUT2D eigenvalue weighted by Crippen LogP contribution is 2.12. The van der Waals surface area contributed by atoms with Crippen LogP contribution in [0, 0.1) is 0 Å². The van der Waals surface area contributed by atoms with E-state index >= 15 is 0 Å². The molecule has 0 saturated heterocycles. The third kappa shape index (κ3) is 5.97. The highest BCUT2D eigenvalue weighted by Gasteiger charge is 2.05. The molecule has 100 valence electrons. The number of ether oxygens (including phenoxy) is 1. The van der Waals surface area contributed by atoms with Crippen LogP contribution in [-0.2, 0) is 9.53 Å². The largest absolute Gasteiger partial charge is 0.389 e. The number of carbonyl (C=O) groups is 1. The van der Waals surface area contributed by atoms with Crippen LogP contribution in [0.2, 0.25) is 5.02 Å². The summed E-state index contributed by atoms with van der Waals surface area (Å²) < 4.78 is 4.76. The van der Waals surface area contributed by atoms with Gasteiger partial charge in [-0.1, -0.05) is 11.6 Å². The molecular formula is C12H17ClN2O3. The monoisotopic (exact) mass is 272 g/mol. The number of methoxy groups -OCH3 is 1. The maximum Gasteiger partial charge on any atom is 0.238 e. The third-order valence-corrected chi connectivity index (χ3v) is 2.40. The molecule has 1 amide bonds. The van der Waals surface area contributed by atoms with Crippen LogP contribution in [0.3, 0.4) is 0 Å². The molecule has 0 aromatic heterocycles. The maximum absolute atomic E-state index is 11.5. The Morgan fingerprint density at radius 1 is 1.44 bits per heavy atom. The van der Waals surface area contributed by atoms with Gasteiger partial charge in [0.25, 0.3) is 0 Å². The topological polar surface area (TPSA) is 70.6 Å². The van der Waals surface area contributed by atoms with E-state index in [0.29, 0.717) is 17.3 Å². The van der Waals surface area contributed by atoms with Crippen molar-refractivity contribution in [2.45, 2.75) is 6.10 Å². The standard InChI is InChI=1S/C12H17ClN2O3/c1-18-8-11(16)6-14-7-12(17)15-10-4-2-9(13)3-5-10/h2-5,11,14,16H,6-8H2,1H3,(H,15,17). The Bertz CT molecular complexity index is 370. The highest BCUT2D eigenvalue weighted by atomic mass is 35.5. The number of rotatable bonds is 7. The first kappa shape index (κ1) is 14.9. The average Bonchev–Trinajstić information content (AvgIpc) is 2.32. The van der Waals surface area contributed by atoms with Crippen LogP contribution < -0.4 is 10.6 Å². The molecule has 0 aliphatic rings. The molecule has 0 saturated carbocycles. The molecule has 1 aromatic rings. The maximum atomic E-state index is 11.5. The van der Waals surface area contributed by atoms with Crippen molar-refractivity contribution in [3.05, 3.63) is 29.3 Å². The number of halogens is 1. The molecule has 0 radical (unpaired) electrons. The summed E-state index contributed by atoms with van der Waals surface area (Å²) in [5.74, 6) is -0.179. The van der Waals surface area contributed by atoms with Crippen LogP contribution in [0.1, 0.15) is 0 Å². The van der Waals surface area contributed by atoms with Crippen LogP contribution in [0.25, 0.3) is 0 Å². The molecule has 3 N–H and O–H groups in total. The molecule has 5 nitrogen and oxygen atoms in total. The Kier molecular flexibility index (Phi) is 6.67. The van der Waals surface area contributed by atoms with E-state index in [1.165, 1.54) is 7.11 Å². The molecule has 1 rings (SSSR count). The van der Waals surface area contributed by atoms with Gasteiger partial charge in [-0.3, -0.25) is 4.79 Å². The highest BCUT2D eigenvalue weighted by molar-refractivity contribution is 6.30. The molecular weight excluding hydrogens is 256 g/mol. The van der Waals surface area contributed by atoms with Crippen LogP contribution >= 0.6 is 11.6 Å². The average molecular weight is 273 g/mol. The second-order valence-electron chi connectivity index (χ2n) is 3.80. The molecule has 1 unspecified atom stereocenters. The number of anilines is 1. The number of nitrogens with one attached hydrogen (secondary N) is 2. The first-order valence-corrected chi connectivity index (χ1v) is 5.92. The fourth-order valence-electron chi connectivity index (χ4n) is 1.34. The van der Waals surface area contributed by atoms with Crippen LogP contribution in [-0.4, -0.2) is 43.9 Å². The van der Waals surface area contributed by atoms with E-state index in [9.17, 15) is 9.90 Å². The van der Waals surface area contributed by atoms with Gasteiger partial charge in [0.05, 0.1) is 19.3 Å². The first-order chi connectivity index (χ1) is 8.61. The van der Waals surface area contributed by atoms with Crippen molar-refractivity contribution >= 4 is 23.2 Å². The quantitative estimate of drug-likeness (QED) is 0.689. The summed E-state index contributed by atoms with van der Waals surface area (Å²) >= 11 is 5.73. The minimum absolute atomic E-state index is 0.128. The van der Waals surface area contributed by atoms with Crippen molar-refractivity contribution in [3.8, 4) is 0 Å². The minimum atomic E-state index is -0.613.